The van der Waals surface area contributed by atoms with Gasteiger partial charge in [-0.25, -0.2) is 0 Å². The second kappa shape index (κ2) is 9.04. The van der Waals surface area contributed by atoms with E-state index in [0.717, 1.165) is 0 Å². The van der Waals surface area contributed by atoms with E-state index in [-0.39, 0.29) is 10.7 Å². The average Bonchev–Trinajstić information content (AvgIpc) is 2.77. The van der Waals surface area contributed by atoms with Crippen molar-refractivity contribution >= 4 is 12.2 Å². The molecule has 1 heterocycles. The van der Waals surface area contributed by atoms with Crippen LogP contribution in [-0.4, -0.2) is 38.4 Å². The number of hydrogen-bond donors (Lipinski definition) is 2. The summed E-state index contributed by atoms with van der Waals surface area (Å²) in [7, 11) is 6.12. The molecular formula is C22H22N2O6. The Morgan fingerprint density at radius 3 is 1.37 bits per heavy atom. The van der Waals surface area contributed by atoms with Gasteiger partial charge in [0.1, 0.15) is 33.7 Å². The first-order chi connectivity index (χ1) is 14.5. The summed E-state index contributed by atoms with van der Waals surface area (Å²) < 4.78 is 21.0. The lowest BCUT2D eigenvalue weighted by Gasteiger charge is -2.07. The van der Waals surface area contributed by atoms with E-state index in [1.165, 1.54) is 26.4 Å². The van der Waals surface area contributed by atoms with Crippen molar-refractivity contribution < 1.29 is 18.9 Å². The lowest BCUT2D eigenvalue weighted by Crippen LogP contribution is -2.46. The van der Waals surface area contributed by atoms with Crippen molar-refractivity contribution in [3.63, 3.8) is 0 Å². The van der Waals surface area contributed by atoms with Crippen LogP contribution in [0.2, 0.25) is 0 Å². The van der Waals surface area contributed by atoms with Gasteiger partial charge in [0.25, 0.3) is 11.1 Å². The molecule has 0 aliphatic carbocycles. The maximum atomic E-state index is 12.6. The molecule has 0 saturated carbocycles. The monoisotopic (exact) mass is 410 g/mol. The fourth-order valence-electron chi connectivity index (χ4n) is 2.88. The first-order valence-corrected chi connectivity index (χ1v) is 8.99. The Labute approximate surface area is 172 Å². The van der Waals surface area contributed by atoms with Crippen LogP contribution in [0.15, 0.2) is 46.0 Å². The third-order valence-corrected chi connectivity index (χ3v) is 4.47. The van der Waals surface area contributed by atoms with Crippen LogP contribution in [0.3, 0.4) is 0 Å². The number of aromatic nitrogens is 2. The number of hydrogen-bond acceptors (Lipinski definition) is 6. The highest BCUT2D eigenvalue weighted by atomic mass is 16.5. The molecule has 1 aromatic heterocycles. The summed E-state index contributed by atoms with van der Waals surface area (Å²) in [6.07, 6.45) is 3.08. The first-order valence-electron chi connectivity index (χ1n) is 8.99. The van der Waals surface area contributed by atoms with E-state index in [1.54, 1.807) is 50.6 Å². The second-order valence-corrected chi connectivity index (χ2v) is 6.24. The number of benzene rings is 2. The standard InChI is InChI=1S/C22H22N2O6/c1-27-15-7-5-13(19(11-15)29-3)9-17-21(25)24-18(22(26)23-17)10-14-6-8-16(28-2)12-20(14)30-4/h5-12H,1-4H3,(H,23,26)(H,24,25)/b17-9-,18-10+. The molecule has 3 rings (SSSR count). The van der Waals surface area contributed by atoms with Crippen LogP contribution in [0.5, 0.6) is 23.0 Å². The summed E-state index contributed by atoms with van der Waals surface area (Å²) in [5.74, 6) is 2.25. The Morgan fingerprint density at radius 2 is 1.03 bits per heavy atom. The zero-order valence-corrected chi connectivity index (χ0v) is 17.1. The van der Waals surface area contributed by atoms with Gasteiger partial charge in [-0.15, -0.1) is 0 Å². The Kier molecular flexibility index (Phi) is 6.26. The lowest BCUT2D eigenvalue weighted by atomic mass is 10.1. The molecule has 0 atom stereocenters. The highest BCUT2D eigenvalue weighted by molar-refractivity contribution is 5.59. The molecule has 0 spiro atoms. The number of rotatable bonds is 6. The summed E-state index contributed by atoms with van der Waals surface area (Å²) in [5.41, 5.74) is 0.332. The molecule has 0 radical (unpaired) electrons. The lowest BCUT2D eigenvalue weighted by molar-refractivity contribution is 0.393. The van der Waals surface area contributed by atoms with E-state index in [4.69, 9.17) is 18.9 Å². The molecule has 156 valence electrons. The molecule has 0 fully saturated rings. The SMILES string of the molecule is COc1ccc(/C=c2\[nH]c(=O)/c(=C\c3ccc(OC)cc3OC)[nH]c2=O)c(OC)c1. The minimum atomic E-state index is -0.453. The van der Waals surface area contributed by atoms with E-state index >= 15 is 0 Å². The van der Waals surface area contributed by atoms with Gasteiger partial charge in [0, 0.05) is 23.3 Å². The predicted octanol–water partition coefficient (Wildman–Crippen LogP) is 0.755. The van der Waals surface area contributed by atoms with Crippen LogP contribution in [0, 0.1) is 0 Å². The highest BCUT2D eigenvalue weighted by Gasteiger charge is 2.06. The molecule has 0 aliphatic rings. The fourth-order valence-corrected chi connectivity index (χ4v) is 2.88. The molecule has 3 aromatic rings. The Morgan fingerprint density at radius 1 is 0.633 bits per heavy atom. The van der Waals surface area contributed by atoms with E-state index in [1.807, 2.05) is 0 Å². The highest BCUT2D eigenvalue weighted by Crippen LogP contribution is 2.25. The maximum Gasteiger partial charge on any atom is 0.272 e. The van der Waals surface area contributed by atoms with Crippen molar-refractivity contribution in [1.82, 2.24) is 9.97 Å². The number of nitrogens with one attached hydrogen (secondary N) is 2. The van der Waals surface area contributed by atoms with Crippen molar-refractivity contribution in [2.24, 2.45) is 0 Å². The third kappa shape index (κ3) is 4.38. The molecule has 30 heavy (non-hydrogen) atoms. The van der Waals surface area contributed by atoms with Crippen LogP contribution in [0.25, 0.3) is 12.2 Å². The van der Waals surface area contributed by atoms with Crippen molar-refractivity contribution in [2.75, 3.05) is 28.4 Å². The first kappa shape index (κ1) is 20.8. The molecule has 0 unspecified atom stereocenters. The van der Waals surface area contributed by atoms with Crippen LogP contribution in [0.1, 0.15) is 11.1 Å². The van der Waals surface area contributed by atoms with Gasteiger partial charge in [0.15, 0.2) is 0 Å². The Hall–Kier alpha value is -3.94. The van der Waals surface area contributed by atoms with Crippen LogP contribution < -0.4 is 40.8 Å². The molecule has 0 aliphatic heterocycles. The molecule has 0 bridgehead atoms. The average molecular weight is 410 g/mol. The summed E-state index contributed by atoms with van der Waals surface area (Å²) in [6, 6.07) is 10.3. The van der Waals surface area contributed by atoms with E-state index in [2.05, 4.69) is 9.97 Å². The van der Waals surface area contributed by atoms with Crippen LogP contribution >= 0.6 is 0 Å². The smallest absolute Gasteiger partial charge is 0.272 e. The number of H-pyrrole nitrogens is 2. The van der Waals surface area contributed by atoms with Crippen LogP contribution in [0.4, 0.5) is 0 Å². The van der Waals surface area contributed by atoms with Gasteiger partial charge in [0.2, 0.25) is 0 Å². The molecule has 0 saturated heterocycles. The van der Waals surface area contributed by atoms with Crippen molar-refractivity contribution in [3.8, 4) is 23.0 Å². The topological polar surface area (TPSA) is 103 Å². The van der Waals surface area contributed by atoms with Gasteiger partial charge in [0.05, 0.1) is 28.4 Å². The Balaban J connectivity index is 2.12. The minimum absolute atomic E-state index is 0.0994. The molecule has 0 amide bonds. The molecular weight excluding hydrogens is 388 g/mol. The van der Waals surface area contributed by atoms with E-state index < -0.39 is 11.1 Å². The van der Waals surface area contributed by atoms with Gasteiger partial charge < -0.3 is 28.9 Å². The number of ether oxygens (including phenoxy) is 4. The van der Waals surface area contributed by atoms with Gasteiger partial charge in [-0.2, -0.15) is 0 Å². The van der Waals surface area contributed by atoms with Gasteiger partial charge in [-0.3, -0.25) is 9.59 Å². The van der Waals surface area contributed by atoms with Crippen LogP contribution in [-0.2, 0) is 0 Å². The van der Waals surface area contributed by atoms with Gasteiger partial charge >= 0.3 is 0 Å². The summed E-state index contributed by atoms with van der Waals surface area (Å²) in [4.78, 5) is 30.4. The molecule has 8 nitrogen and oxygen atoms in total. The quantitative estimate of drug-likeness (QED) is 0.622. The van der Waals surface area contributed by atoms with E-state index in [9.17, 15) is 9.59 Å². The second-order valence-electron chi connectivity index (χ2n) is 6.24. The summed E-state index contributed by atoms with van der Waals surface area (Å²) in [5, 5.41) is 0.199. The predicted molar refractivity (Wildman–Crippen MR) is 113 cm³/mol. The zero-order chi connectivity index (χ0) is 21.7. The van der Waals surface area contributed by atoms with Gasteiger partial charge in [-0.1, -0.05) is 0 Å². The fraction of sp³-hybridized carbons (Fsp3) is 0.182. The van der Waals surface area contributed by atoms with Gasteiger partial charge in [-0.05, 0) is 36.4 Å². The minimum Gasteiger partial charge on any atom is -0.497 e. The maximum absolute atomic E-state index is 12.6. The largest absolute Gasteiger partial charge is 0.497 e. The molecule has 8 heteroatoms. The summed E-state index contributed by atoms with van der Waals surface area (Å²) in [6.45, 7) is 0. The molecule has 2 N–H and O–H groups in total. The summed E-state index contributed by atoms with van der Waals surface area (Å²) >= 11 is 0. The normalized spacial score (nSPS) is 12.0. The van der Waals surface area contributed by atoms with Crippen molar-refractivity contribution in [1.29, 1.82) is 0 Å². The van der Waals surface area contributed by atoms with E-state index in [0.29, 0.717) is 34.1 Å². The zero-order valence-electron chi connectivity index (χ0n) is 17.1. The number of aromatic amines is 2. The molecule has 2 aromatic carbocycles. The van der Waals surface area contributed by atoms with Crippen molar-refractivity contribution in [3.05, 3.63) is 78.9 Å². The Bertz CT molecular complexity index is 1190. The van der Waals surface area contributed by atoms with Crippen molar-refractivity contribution in [2.45, 2.75) is 0 Å². The number of methoxy groups -OCH3 is 4. The third-order valence-electron chi connectivity index (χ3n) is 4.47.